The number of benzene rings is 2. The van der Waals surface area contributed by atoms with E-state index < -0.39 is 10.0 Å². The van der Waals surface area contributed by atoms with E-state index in [-0.39, 0.29) is 23.8 Å². The first kappa shape index (κ1) is 25.9. The first-order valence-corrected chi connectivity index (χ1v) is 13.1. The SMILES string of the molecule is CC(=O)Nc1cccc(C(C)NC(=O)C2CCN(S(=O)(=O)c3c(C)c(C)cc(C)c3C)CC2)c1. The Balaban J connectivity index is 1.66. The largest absolute Gasteiger partial charge is 0.349 e. The molecule has 1 heterocycles. The van der Waals surface area contributed by atoms with Crippen LogP contribution in [0, 0.1) is 33.6 Å². The molecule has 1 saturated heterocycles. The van der Waals surface area contributed by atoms with Crippen molar-refractivity contribution in [3.63, 3.8) is 0 Å². The summed E-state index contributed by atoms with van der Waals surface area (Å²) in [6.07, 6.45) is 0.958. The fraction of sp³-hybridized carbons (Fsp3) is 0.462. The van der Waals surface area contributed by atoms with Crippen molar-refractivity contribution in [2.24, 2.45) is 5.92 Å². The van der Waals surface area contributed by atoms with Crippen molar-refractivity contribution in [1.82, 2.24) is 9.62 Å². The number of hydrogen-bond donors (Lipinski definition) is 2. The van der Waals surface area contributed by atoms with Crippen LogP contribution in [0.15, 0.2) is 35.2 Å². The average Bonchev–Trinajstić information content (AvgIpc) is 2.77. The number of carbonyl (C=O) groups is 2. The Morgan fingerprint density at radius 3 is 2.15 bits per heavy atom. The molecule has 7 nitrogen and oxygen atoms in total. The van der Waals surface area contributed by atoms with Gasteiger partial charge in [-0.15, -0.1) is 0 Å². The lowest BCUT2D eigenvalue weighted by molar-refractivity contribution is -0.126. The Morgan fingerprint density at radius 1 is 1.00 bits per heavy atom. The van der Waals surface area contributed by atoms with Crippen molar-refractivity contribution in [2.75, 3.05) is 18.4 Å². The predicted molar refractivity (Wildman–Crippen MR) is 134 cm³/mol. The summed E-state index contributed by atoms with van der Waals surface area (Å²) >= 11 is 0. The van der Waals surface area contributed by atoms with Gasteiger partial charge in [-0.05, 0) is 87.4 Å². The third-order valence-electron chi connectivity index (χ3n) is 6.79. The molecule has 0 aromatic heterocycles. The molecule has 0 spiro atoms. The van der Waals surface area contributed by atoms with E-state index in [4.69, 9.17) is 0 Å². The van der Waals surface area contributed by atoms with Crippen LogP contribution in [-0.2, 0) is 19.6 Å². The quantitative estimate of drug-likeness (QED) is 0.642. The minimum absolute atomic E-state index is 0.0757. The fourth-order valence-electron chi connectivity index (χ4n) is 4.56. The molecule has 184 valence electrons. The molecule has 1 aliphatic rings. The summed E-state index contributed by atoms with van der Waals surface area (Å²) < 4.78 is 28.5. The zero-order chi connectivity index (χ0) is 25.2. The molecule has 2 N–H and O–H groups in total. The molecular formula is C26H35N3O4S. The third-order valence-corrected chi connectivity index (χ3v) is 8.96. The zero-order valence-electron chi connectivity index (χ0n) is 20.9. The predicted octanol–water partition coefficient (Wildman–Crippen LogP) is 4.16. The number of aryl methyl sites for hydroxylation is 2. The standard InChI is InChI=1S/C26H35N3O4S/c1-16-14-17(2)19(4)25(18(16)3)34(32,33)29-12-10-22(11-13-29)26(31)27-20(5)23-8-7-9-24(15-23)28-21(6)30/h7-9,14-15,20,22H,10-13H2,1-6H3,(H,27,31)(H,28,30). The highest BCUT2D eigenvalue weighted by atomic mass is 32.2. The Bertz CT molecular complexity index is 1170. The Labute approximate surface area is 203 Å². The van der Waals surface area contributed by atoms with Gasteiger partial charge in [0.05, 0.1) is 10.9 Å². The summed E-state index contributed by atoms with van der Waals surface area (Å²) in [5.74, 6) is -0.469. The van der Waals surface area contributed by atoms with Gasteiger partial charge >= 0.3 is 0 Å². The minimum Gasteiger partial charge on any atom is -0.349 e. The topological polar surface area (TPSA) is 95.6 Å². The third kappa shape index (κ3) is 5.50. The first-order valence-electron chi connectivity index (χ1n) is 11.7. The van der Waals surface area contributed by atoms with Crippen molar-refractivity contribution < 1.29 is 18.0 Å². The van der Waals surface area contributed by atoms with Crippen molar-refractivity contribution in [3.05, 3.63) is 58.1 Å². The number of piperidine rings is 1. The number of rotatable bonds is 6. The van der Waals surface area contributed by atoms with Gasteiger partial charge in [-0.2, -0.15) is 4.31 Å². The molecule has 2 amide bonds. The lowest BCUT2D eigenvalue weighted by Crippen LogP contribution is -2.43. The molecule has 2 aromatic carbocycles. The van der Waals surface area contributed by atoms with E-state index in [2.05, 4.69) is 10.6 Å². The van der Waals surface area contributed by atoms with Crippen molar-refractivity contribution in [3.8, 4) is 0 Å². The van der Waals surface area contributed by atoms with Gasteiger partial charge in [0.15, 0.2) is 0 Å². The number of carbonyl (C=O) groups excluding carboxylic acids is 2. The highest BCUT2D eigenvalue weighted by molar-refractivity contribution is 7.89. The van der Waals surface area contributed by atoms with Crippen LogP contribution in [0.4, 0.5) is 5.69 Å². The summed E-state index contributed by atoms with van der Waals surface area (Å²) in [6.45, 7) is 11.6. The van der Waals surface area contributed by atoms with E-state index in [0.29, 0.717) is 36.5 Å². The van der Waals surface area contributed by atoms with Gasteiger partial charge in [-0.1, -0.05) is 18.2 Å². The molecule has 34 heavy (non-hydrogen) atoms. The van der Waals surface area contributed by atoms with Crippen LogP contribution in [0.25, 0.3) is 0 Å². The summed E-state index contributed by atoms with van der Waals surface area (Å²) in [7, 11) is -3.63. The van der Waals surface area contributed by atoms with Gasteiger partial charge in [0.25, 0.3) is 0 Å². The summed E-state index contributed by atoms with van der Waals surface area (Å²) in [5.41, 5.74) is 5.08. The number of hydrogen-bond acceptors (Lipinski definition) is 4. The first-order chi connectivity index (χ1) is 15.9. The Kier molecular flexibility index (Phi) is 7.83. The second-order valence-electron chi connectivity index (χ2n) is 9.30. The van der Waals surface area contributed by atoms with Crippen LogP contribution in [0.5, 0.6) is 0 Å². The van der Waals surface area contributed by atoms with Crippen LogP contribution in [0.3, 0.4) is 0 Å². The van der Waals surface area contributed by atoms with E-state index in [1.54, 1.807) is 6.07 Å². The molecule has 0 aliphatic carbocycles. The number of sulfonamides is 1. The molecule has 8 heteroatoms. The second kappa shape index (κ2) is 10.3. The molecule has 1 atom stereocenters. The van der Waals surface area contributed by atoms with E-state index in [9.17, 15) is 18.0 Å². The van der Waals surface area contributed by atoms with Gasteiger partial charge in [0.1, 0.15) is 0 Å². The molecule has 1 aliphatic heterocycles. The van der Waals surface area contributed by atoms with Gasteiger partial charge in [-0.25, -0.2) is 8.42 Å². The smallest absolute Gasteiger partial charge is 0.243 e. The number of anilines is 1. The van der Waals surface area contributed by atoms with Gasteiger partial charge in [0.2, 0.25) is 21.8 Å². The van der Waals surface area contributed by atoms with Crippen molar-refractivity contribution in [1.29, 1.82) is 0 Å². The Morgan fingerprint density at radius 2 is 1.59 bits per heavy atom. The van der Waals surface area contributed by atoms with E-state index in [1.807, 2.05) is 58.9 Å². The molecule has 1 fully saturated rings. The maximum atomic E-state index is 13.5. The van der Waals surface area contributed by atoms with Crippen LogP contribution in [0.1, 0.15) is 60.5 Å². The molecule has 3 rings (SSSR count). The van der Waals surface area contributed by atoms with Crippen molar-refractivity contribution in [2.45, 2.75) is 65.3 Å². The van der Waals surface area contributed by atoms with Gasteiger partial charge < -0.3 is 10.6 Å². The van der Waals surface area contributed by atoms with E-state index in [1.165, 1.54) is 11.2 Å². The van der Waals surface area contributed by atoms with E-state index >= 15 is 0 Å². The highest BCUT2D eigenvalue weighted by Crippen LogP contribution is 2.31. The monoisotopic (exact) mass is 485 g/mol. The maximum absolute atomic E-state index is 13.5. The molecular weight excluding hydrogens is 450 g/mol. The fourth-order valence-corrected chi connectivity index (χ4v) is 6.60. The summed E-state index contributed by atoms with van der Waals surface area (Å²) in [4.78, 5) is 24.6. The zero-order valence-corrected chi connectivity index (χ0v) is 21.7. The molecule has 2 aromatic rings. The van der Waals surface area contributed by atoms with Crippen LogP contribution < -0.4 is 10.6 Å². The number of amides is 2. The number of nitrogens with zero attached hydrogens (tertiary/aromatic N) is 1. The van der Waals surface area contributed by atoms with E-state index in [0.717, 1.165) is 27.8 Å². The van der Waals surface area contributed by atoms with Gasteiger partial charge in [-0.3, -0.25) is 9.59 Å². The lowest BCUT2D eigenvalue weighted by Gasteiger charge is -2.32. The number of nitrogens with one attached hydrogen (secondary N) is 2. The normalized spacial score (nSPS) is 16.2. The molecule has 0 radical (unpaired) electrons. The summed E-state index contributed by atoms with van der Waals surface area (Å²) in [6, 6.07) is 9.17. The average molecular weight is 486 g/mol. The molecule has 0 bridgehead atoms. The Hall–Kier alpha value is -2.71. The molecule has 0 saturated carbocycles. The molecule has 1 unspecified atom stereocenters. The summed E-state index contributed by atoms with van der Waals surface area (Å²) in [5, 5.41) is 5.80. The maximum Gasteiger partial charge on any atom is 0.243 e. The second-order valence-corrected chi connectivity index (χ2v) is 11.2. The van der Waals surface area contributed by atoms with Gasteiger partial charge in [0, 0.05) is 31.6 Å². The van der Waals surface area contributed by atoms with Crippen LogP contribution in [0.2, 0.25) is 0 Å². The minimum atomic E-state index is -3.63. The van der Waals surface area contributed by atoms with Crippen LogP contribution in [-0.4, -0.2) is 37.6 Å². The van der Waals surface area contributed by atoms with Crippen molar-refractivity contribution >= 4 is 27.5 Å². The van der Waals surface area contributed by atoms with Crippen LogP contribution >= 0.6 is 0 Å². The highest BCUT2D eigenvalue weighted by Gasteiger charge is 2.34. The lowest BCUT2D eigenvalue weighted by atomic mass is 9.96.